The fourth-order valence-corrected chi connectivity index (χ4v) is 3.11. The molecule has 18 heavy (non-hydrogen) atoms. The van der Waals surface area contributed by atoms with Gasteiger partial charge in [-0.15, -0.1) is 0 Å². The molecule has 1 heterocycles. The molecule has 1 aromatic carbocycles. The first kappa shape index (κ1) is 13.7. The van der Waals surface area contributed by atoms with Crippen molar-refractivity contribution in [1.29, 1.82) is 0 Å². The maximum Gasteiger partial charge on any atom is 0.0682 e. The summed E-state index contributed by atoms with van der Waals surface area (Å²) in [5.74, 6) is 0. The molecule has 3 heteroatoms. The van der Waals surface area contributed by atoms with E-state index in [1.165, 1.54) is 25.7 Å². The van der Waals surface area contributed by atoms with Crippen LogP contribution in [0.15, 0.2) is 18.2 Å². The first-order valence-corrected chi connectivity index (χ1v) is 7.30. The summed E-state index contributed by atoms with van der Waals surface area (Å²) in [6, 6.07) is 6.51. The van der Waals surface area contributed by atoms with E-state index in [1.54, 1.807) is 0 Å². The van der Waals surface area contributed by atoms with Crippen molar-refractivity contribution in [2.24, 2.45) is 0 Å². The molecule has 1 aliphatic rings. The first-order valence-electron chi connectivity index (χ1n) is 6.92. The van der Waals surface area contributed by atoms with Gasteiger partial charge < -0.3 is 10.0 Å². The number of halogens is 1. The lowest BCUT2D eigenvalue weighted by molar-refractivity contribution is 0.282. The van der Waals surface area contributed by atoms with E-state index < -0.39 is 0 Å². The highest BCUT2D eigenvalue weighted by atomic mass is 35.5. The van der Waals surface area contributed by atoms with Gasteiger partial charge in [0.05, 0.1) is 17.3 Å². The lowest BCUT2D eigenvalue weighted by Gasteiger charge is -2.32. The number of aliphatic hydroxyl groups excluding tert-OH is 1. The summed E-state index contributed by atoms with van der Waals surface area (Å²) in [4.78, 5) is 2.45. The number of hydrogen-bond acceptors (Lipinski definition) is 2. The van der Waals surface area contributed by atoms with Gasteiger partial charge in [0.15, 0.2) is 0 Å². The van der Waals surface area contributed by atoms with Gasteiger partial charge in [-0.25, -0.2) is 0 Å². The van der Waals surface area contributed by atoms with Gasteiger partial charge in [0.1, 0.15) is 0 Å². The van der Waals surface area contributed by atoms with Crippen molar-refractivity contribution in [3.63, 3.8) is 0 Å². The number of benzene rings is 1. The third-order valence-electron chi connectivity index (χ3n) is 3.85. The molecule has 0 radical (unpaired) electrons. The van der Waals surface area contributed by atoms with E-state index in [-0.39, 0.29) is 6.61 Å². The summed E-state index contributed by atoms with van der Waals surface area (Å²) in [6.07, 6.45) is 6.31. The second-order valence-electron chi connectivity index (χ2n) is 5.05. The topological polar surface area (TPSA) is 23.5 Å². The third kappa shape index (κ3) is 2.99. The van der Waals surface area contributed by atoms with Gasteiger partial charge in [0.2, 0.25) is 0 Å². The second-order valence-corrected chi connectivity index (χ2v) is 5.46. The molecule has 0 spiro atoms. The van der Waals surface area contributed by atoms with Crippen molar-refractivity contribution in [3.05, 3.63) is 28.8 Å². The summed E-state index contributed by atoms with van der Waals surface area (Å²) in [6.45, 7) is 3.40. The van der Waals surface area contributed by atoms with Gasteiger partial charge in [-0.2, -0.15) is 0 Å². The van der Waals surface area contributed by atoms with Crippen LogP contribution in [0.4, 0.5) is 5.69 Å². The highest BCUT2D eigenvalue weighted by molar-refractivity contribution is 6.33. The molecule has 1 aliphatic heterocycles. The number of rotatable bonds is 3. The van der Waals surface area contributed by atoms with Crippen molar-refractivity contribution in [2.75, 3.05) is 11.4 Å². The maximum absolute atomic E-state index is 9.13. The largest absolute Gasteiger partial charge is 0.392 e. The van der Waals surface area contributed by atoms with Crippen molar-refractivity contribution >= 4 is 17.3 Å². The molecule has 2 rings (SSSR count). The molecule has 1 N–H and O–H groups in total. The molecule has 1 saturated heterocycles. The normalized spacial score (nSPS) is 20.8. The third-order valence-corrected chi connectivity index (χ3v) is 4.16. The predicted molar refractivity (Wildman–Crippen MR) is 77.3 cm³/mol. The van der Waals surface area contributed by atoms with Gasteiger partial charge >= 0.3 is 0 Å². The highest BCUT2D eigenvalue weighted by Crippen LogP contribution is 2.32. The lowest BCUT2D eigenvalue weighted by Crippen LogP contribution is -2.34. The first-order chi connectivity index (χ1) is 8.76. The monoisotopic (exact) mass is 267 g/mol. The number of nitrogens with zero attached hydrogens (tertiary/aromatic N) is 1. The molecule has 0 aliphatic carbocycles. The Bertz CT molecular complexity index is 394. The van der Waals surface area contributed by atoms with Crippen LogP contribution in [0, 0.1) is 0 Å². The molecule has 1 fully saturated rings. The number of aliphatic hydroxyl groups is 1. The van der Waals surface area contributed by atoms with Crippen molar-refractivity contribution in [3.8, 4) is 0 Å². The van der Waals surface area contributed by atoms with Gasteiger partial charge in [0, 0.05) is 12.6 Å². The average molecular weight is 268 g/mol. The van der Waals surface area contributed by atoms with E-state index in [0.717, 1.165) is 29.2 Å². The van der Waals surface area contributed by atoms with Crippen LogP contribution in [0.2, 0.25) is 5.02 Å². The summed E-state index contributed by atoms with van der Waals surface area (Å²) < 4.78 is 0. The molecule has 100 valence electrons. The molecule has 2 nitrogen and oxygen atoms in total. The van der Waals surface area contributed by atoms with E-state index >= 15 is 0 Å². The van der Waals surface area contributed by atoms with Crippen LogP contribution in [0.3, 0.4) is 0 Å². The minimum absolute atomic E-state index is 0.0528. The standard InChI is InChI=1S/C15H22ClNO/c1-2-13-6-4-3-5-9-17(13)15-8-7-12(11-18)10-14(15)16/h7-8,10,13,18H,2-6,9,11H2,1H3. The Kier molecular flexibility index (Phi) is 4.90. The fraction of sp³-hybridized carbons (Fsp3) is 0.600. The van der Waals surface area contributed by atoms with Crippen LogP contribution in [0.5, 0.6) is 0 Å². The Balaban J connectivity index is 2.27. The maximum atomic E-state index is 9.13. The Morgan fingerprint density at radius 3 is 2.83 bits per heavy atom. The van der Waals surface area contributed by atoms with Crippen LogP contribution in [0.25, 0.3) is 0 Å². The Morgan fingerprint density at radius 2 is 2.17 bits per heavy atom. The summed E-state index contributed by atoms with van der Waals surface area (Å²) >= 11 is 6.36. The van der Waals surface area contributed by atoms with Gasteiger partial charge in [-0.3, -0.25) is 0 Å². The Labute approximate surface area is 115 Å². The molecule has 0 bridgehead atoms. The minimum atomic E-state index is 0.0528. The SMILES string of the molecule is CCC1CCCCCN1c1ccc(CO)cc1Cl. The molecule has 1 atom stereocenters. The quantitative estimate of drug-likeness (QED) is 0.895. The van der Waals surface area contributed by atoms with Crippen LogP contribution in [0.1, 0.15) is 44.6 Å². The van der Waals surface area contributed by atoms with E-state index in [4.69, 9.17) is 16.7 Å². The van der Waals surface area contributed by atoms with Crippen LogP contribution < -0.4 is 4.90 Å². The number of anilines is 1. The smallest absolute Gasteiger partial charge is 0.0682 e. The molecular formula is C15H22ClNO. The molecule has 1 unspecified atom stereocenters. The van der Waals surface area contributed by atoms with E-state index in [1.807, 2.05) is 12.1 Å². The zero-order valence-electron chi connectivity index (χ0n) is 11.0. The van der Waals surface area contributed by atoms with E-state index in [0.29, 0.717) is 6.04 Å². The van der Waals surface area contributed by atoms with E-state index in [2.05, 4.69) is 17.9 Å². The lowest BCUT2D eigenvalue weighted by atomic mass is 10.1. The zero-order chi connectivity index (χ0) is 13.0. The predicted octanol–water partition coefficient (Wildman–Crippen LogP) is 3.99. The van der Waals surface area contributed by atoms with Crippen molar-refractivity contribution in [1.82, 2.24) is 0 Å². The summed E-state index contributed by atoms with van der Waals surface area (Å²) in [7, 11) is 0. The van der Waals surface area contributed by atoms with Crippen LogP contribution in [-0.4, -0.2) is 17.7 Å². The van der Waals surface area contributed by atoms with Crippen molar-refractivity contribution in [2.45, 2.75) is 51.7 Å². The van der Waals surface area contributed by atoms with Gasteiger partial charge in [-0.1, -0.05) is 37.4 Å². The Hall–Kier alpha value is -0.730. The average Bonchev–Trinajstić information content (AvgIpc) is 2.63. The Morgan fingerprint density at radius 1 is 1.33 bits per heavy atom. The fourth-order valence-electron chi connectivity index (χ4n) is 2.80. The molecule has 0 amide bonds. The van der Waals surface area contributed by atoms with Gasteiger partial charge in [-0.05, 0) is 37.0 Å². The summed E-state index contributed by atoms with van der Waals surface area (Å²) in [5.41, 5.74) is 2.01. The number of hydrogen-bond donors (Lipinski definition) is 1. The van der Waals surface area contributed by atoms with Gasteiger partial charge in [0.25, 0.3) is 0 Å². The van der Waals surface area contributed by atoms with Crippen LogP contribution >= 0.6 is 11.6 Å². The van der Waals surface area contributed by atoms with Crippen LogP contribution in [-0.2, 0) is 6.61 Å². The van der Waals surface area contributed by atoms with E-state index in [9.17, 15) is 0 Å². The van der Waals surface area contributed by atoms with Crippen molar-refractivity contribution < 1.29 is 5.11 Å². The molecule has 0 saturated carbocycles. The summed E-state index contributed by atoms with van der Waals surface area (Å²) in [5, 5.41) is 9.90. The second kappa shape index (κ2) is 6.44. The molecular weight excluding hydrogens is 246 g/mol. The molecule has 1 aromatic rings. The minimum Gasteiger partial charge on any atom is -0.392 e. The zero-order valence-corrected chi connectivity index (χ0v) is 11.8. The highest BCUT2D eigenvalue weighted by Gasteiger charge is 2.21. The molecule has 0 aromatic heterocycles.